The van der Waals surface area contributed by atoms with Crippen LogP contribution in [0.5, 0.6) is 5.75 Å². The molecular formula is C20H22N4O2. The van der Waals surface area contributed by atoms with Crippen molar-refractivity contribution in [3.63, 3.8) is 0 Å². The van der Waals surface area contributed by atoms with Gasteiger partial charge in [-0.2, -0.15) is 4.98 Å². The van der Waals surface area contributed by atoms with Gasteiger partial charge in [0.1, 0.15) is 16.9 Å². The first-order chi connectivity index (χ1) is 12.7. The number of aryl methyl sites for hydroxylation is 3. The first-order valence-corrected chi connectivity index (χ1v) is 8.83. The van der Waals surface area contributed by atoms with Crippen molar-refractivity contribution >= 4 is 22.8 Å². The molecule has 0 radical (unpaired) electrons. The predicted molar refractivity (Wildman–Crippen MR) is 102 cm³/mol. The highest BCUT2D eigenvalue weighted by molar-refractivity contribution is 5.75. The molecule has 4 rings (SSSR count). The van der Waals surface area contributed by atoms with Crippen molar-refractivity contribution in [2.75, 3.05) is 19.0 Å². The van der Waals surface area contributed by atoms with E-state index in [1.807, 2.05) is 31.3 Å². The zero-order valence-electron chi connectivity index (χ0n) is 15.2. The van der Waals surface area contributed by atoms with Gasteiger partial charge >= 0.3 is 0 Å². The molecular weight excluding hydrogens is 328 g/mol. The lowest BCUT2D eigenvalue weighted by atomic mass is 10.1. The van der Waals surface area contributed by atoms with Crippen molar-refractivity contribution in [1.29, 1.82) is 0 Å². The number of nitrogens with zero attached hydrogens (tertiary/aromatic N) is 3. The van der Waals surface area contributed by atoms with E-state index in [4.69, 9.17) is 14.1 Å². The van der Waals surface area contributed by atoms with Gasteiger partial charge in [-0.05, 0) is 50.5 Å². The average Bonchev–Trinajstić information content (AvgIpc) is 3.19. The zero-order valence-corrected chi connectivity index (χ0v) is 15.2. The molecule has 0 atom stereocenters. The number of anilines is 1. The number of hydrogen-bond acceptors (Lipinski definition) is 5. The van der Waals surface area contributed by atoms with E-state index < -0.39 is 0 Å². The normalized spacial score (nSPS) is 11.3. The van der Waals surface area contributed by atoms with E-state index in [1.165, 1.54) is 11.3 Å². The van der Waals surface area contributed by atoms with Crippen LogP contribution in [0.3, 0.4) is 0 Å². The summed E-state index contributed by atoms with van der Waals surface area (Å²) in [6, 6.07) is 10.7. The van der Waals surface area contributed by atoms with Crippen molar-refractivity contribution in [3.8, 4) is 5.75 Å². The molecule has 0 fully saturated rings. The van der Waals surface area contributed by atoms with Crippen LogP contribution in [0.25, 0.3) is 16.7 Å². The Kier molecular flexibility index (Phi) is 4.24. The Bertz CT molecular complexity index is 1060. The first-order valence-electron chi connectivity index (χ1n) is 8.83. The Balaban J connectivity index is 1.55. The Morgan fingerprint density at radius 2 is 2.04 bits per heavy atom. The van der Waals surface area contributed by atoms with Gasteiger partial charge in [-0.25, -0.2) is 4.98 Å². The Labute approximate surface area is 151 Å². The zero-order chi connectivity index (χ0) is 18.1. The number of methoxy groups -OCH3 is 1. The third-order valence-electron chi connectivity index (χ3n) is 4.60. The Morgan fingerprint density at radius 1 is 1.15 bits per heavy atom. The largest absolute Gasteiger partial charge is 0.497 e. The Hall–Kier alpha value is -3.02. The Morgan fingerprint density at radius 3 is 2.85 bits per heavy atom. The highest BCUT2D eigenvalue weighted by Crippen LogP contribution is 2.22. The summed E-state index contributed by atoms with van der Waals surface area (Å²) in [6.45, 7) is 4.91. The van der Waals surface area contributed by atoms with Crippen LogP contribution in [-0.2, 0) is 12.8 Å². The van der Waals surface area contributed by atoms with E-state index in [1.54, 1.807) is 7.11 Å². The molecule has 0 aliphatic heterocycles. The van der Waals surface area contributed by atoms with E-state index >= 15 is 0 Å². The molecule has 3 heterocycles. The summed E-state index contributed by atoms with van der Waals surface area (Å²) >= 11 is 0. The summed E-state index contributed by atoms with van der Waals surface area (Å²) in [5.41, 5.74) is 6.10. The van der Waals surface area contributed by atoms with Crippen molar-refractivity contribution in [2.45, 2.75) is 26.7 Å². The predicted octanol–water partition coefficient (Wildman–Crippen LogP) is 4.01. The number of fused-ring (bicyclic) bond motifs is 2. The standard InChI is InChI=1S/C20H22N4O2/c1-4-21-20-23-17-11-14(6-8-18(17)26-20)5-7-16-13(2)24-10-9-15(25-3)12-19(24)22-16/h6,8-12H,4-5,7H2,1-3H3,(H,21,23). The van der Waals surface area contributed by atoms with Crippen LogP contribution in [0.2, 0.25) is 0 Å². The van der Waals surface area contributed by atoms with Gasteiger partial charge in [-0.3, -0.25) is 0 Å². The summed E-state index contributed by atoms with van der Waals surface area (Å²) < 4.78 is 13.0. The van der Waals surface area contributed by atoms with E-state index in [0.717, 1.165) is 47.6 Å². The molecule has 0 amide bonds. The summed E-state index contributed by atoms with van der Waals surface area (Å²) in [6.07, 6.45) is 3.78. The second-order valence-electron chi connectivity index (χ2n) is 6.29. The molecule has 0 bridgehead atoms. The number of imidazole rings is 1. The maximum atomic E-state index is 5.66. The van der Waals surface area contributed by atoms with E-state index in [9.17, 15) is 0 Å². The molecule has 0 saturated heterocycles. The van der Waals surface area contributed by atoms with Crippen LogP contribution in [-0.4, -0.2) is 28.0 Å². The number of nitrogens with one attached hydrogen (secondary N) is 1. The van der Waals surface area contributed by atoms with Gasteiger partial charge in [0.15, 0.2) is 5.58 Å². The van der Waals surface area contributed by atoms with Crippen molar-refractivity contribution in [3.05, 3.63) is 53.5 Å². The number of hydrogen-bond donors (Lipinski definition) is 1. The fourth-order valence-electron chi connectivity index (χ4n) is 3.18. The third-order valence-corrected chi connectivity index (χ3v) is 4.60. The molecule has 6 nitrogen and oxygen atoms in total. The number of benzene rings is 1. The van der Waals surface area contributed by atoms with E-state index in [2.05, 4.69) is 33.8 Å². The molecule has 1 aromatic carbocycles. The van der Waals surface area contributed by atoms with Gasteiger partial charge in [0.25, 0.3) is 6.01 Å². The van der Waals surface area contributed by atoms with Crippen molar-refractivity contribution in [2.24, 2.45) is 0 Å². The minimum absolute atomic E-state index is 0.574. The number of aromatic nitrogens is 3. The van der Waals surface area contributed by atoms with Crippen molar-refractivity contribution in [1.82, 2.24) is 14.4 Å². The fourth-order valence-corrected chi connectivity index (χ4v) is 3.18. The number of rotatable bonds is 6. The summed E-state index contributed by atoms with van der Waals surface area (Å²) in [5, 5.41) is 3.11. The molecule has 6 heteroatoms. The van der Waals surface area contributed by atoms with E-state index in [0.29, 0.717) is 6.01 Å². The lowest BCUT2D eigenvalue weighted by Gasteiger charge is -2.01. The molecule has 0 saturated carbocycles. The fraction of sp³-hybridized carbons (Fsp3) is 0.300. The maximum absolute atomic E-state index is 5.66. The van der Waals surface area contributed by atoms with Crippen molar-refractivity contribution < 1.29 is 9.15 Å². The quantitative estimate of drug-likeness (QED) is 0.569. The van der Waals surface area contributed by atoms with Crippen LogP contribution in [0, 0.1) is 6.92 Å². The van der Waals surface area contributed by atoms with Gasteiger partial charge in [0.2, 0.25) is 0 Å². The molecule has 1 N–H and O–H groups in total. The van der Waals surface area contributed by atoms with Crippen LogP contribution in [0.15, 0.2) is 40.9 Å². The molecule has 0 aliphatic carbocycles. The molecule has 26 heavy (non-hydrogen) atoms. The van der Waals surface area contributed by atoms with Gasteiger partial charge in [0, 0.05) is 24.5 Å². The lowest BCUT2D eigenvalue weighted by molar-refractivity contribution is 0.414. The molecule has 0 unspecified atom stereocenters. The van der Waals surface area contributed by atoms with Gasteiger partial charge in [-0.1, -0.05) is 6.07 Å². The summed E-state index contributed by atoms with van der Waals surface area (Å²) in [5.74, 6) is 0.821. The summed E-state index contributed by atoms with van der Waals surface area (Å²) in [7, 11) is 1.67. The molecule has 0 aliphatic rings. The molecule has 0 spiro atoms. The third kappa shape index (κ3) is 2.98. The topological polar surface area (TPSA) is 64.6 Å². The SMILES string of the molecule is CCNc1nc2cc(CCc3nc4cc(OC)ccn4c3C)ccc2o1. The maximum Gasteiger partial charge on any atom is 0.295 e. The molecule has 134 valence electrons. The molecule has 3 aromatic heterocycles. The number of oxazole rings is 1. The highest BCUT2D eigenvalue weighted by Gasteiger charge is 2.10. The monoisotopic (exact) mass is 350 g/mol. The van der Waals surface area contributed by atoms with Crippen LogP contribution < -0.4 is 10.1 Å². The van der Waals surface area contributed by atoms with Crippen LogP contribution >= 0.6 is 0 Å². The minimum Gasteiger partial charge on any atom is -0.497 e. The van der Waals surface area contributed by atoms with E-state index in [-0.39, 0.29) is 0 Å². The second kappa shape index (κ2) is 6.71. The summed E-state index contributed by atoms with van der Waals surface area (Å²) in [4.78, 5) is 9.24. The van der Waals surface area contributed by atoms with Gasteiger partial charge in [0.05, 0.1) is 12.8 Å². The highest BCUT2D eigenvalue weighted by atomic mass is 16.5. The lowest BCUT2D eigenvalue weighted by Crippen LogP contribution is -1.95. The second-order valence-corrected chi connectivity index (χ2v) is 6.29. The van der Waals surface area contributed by atoms with Gasteiger partial charge < -0.3 is 18.9 Å². The molecule has 4 aromatic rings. The number of pyridine rings is 1. The average molecular weight is 350 g/mol. The minimum atomic E-state index is 0.574. The first kappa shape index (κ1) is 16.4. The van der Waals surface area contributed by atoms with Crippen LogP contribution in [0.4, 0.5) is 6.01 Å². The van der Waals surface area contributed by atoms with Gasteiger partial charge in [-0.15, -0.1) is 0 Å². The number of ether oxygens (including phenoxy) is 1. The van der Waals surface area contributed by atoms with Crippen LogP contribution in [0.1, 0.15) is 23.9 Å². The smallest absolute Gasteiger partial charge is 0.295 e.